The lowest BCUT2D eigenvalue weighted by atomic mass is 9.51. The molecule has 2 N–H and O–H groups in total. The van der Waals surface area contributed by atoms with Crippen LogP contribution >= 0.6 is 0 Å². The van der Waals surface area contributed by atoms with E-state index in [4.69, 9.17) is 5.73 Å². The summed E-state index contributed by atoms with van der Waals surface area (Å²) in [4.78, 5) is 4.50. The van der Waals surface area contributed by atoms with Gasteiger partial charge in [0.15, 0.2) is 0 Å². The Bertz CT molecular complexity index is 434. The number of nitrogens with zero attached hydrogens (tertiary/aromatic N) is 2. The first-order valence-electron chi connectivity index (χ1n) is 7.46. The van der Waals surface area contributed by atoms with Crippen LogP contribution in [0.2, 0.25) is 0 Å². The van der Waals surface area contributed by atoms with Crippen molar-refractivity contribution in [1.82, 2.24) is 9.55 Å². The van der Waals surface area contributed by atoms with Gasteiger partial charge in [0.1, 0.15) is 5.82 Å². The number of aromatic nitrogens is 2. The molecule has 18 heavy (non-hydrogen) atoms. The first-order valence-corrected chi connectivity index (χ1v) is 7.46. The van der Waals surface area contributed by atoms with E-state index in [9.17, 15) is 0 Å². The highest BCUT2D eigenvalue weighted by Gasteiger charge is 2.49. The minimum Gasteiger partial charge on any atom is -0.334 e. The smallest absolute Gasteiger partial charge is 0.122 e. The molecule has 4 aliphatic carbocycles. The molecule has 1 aromatic heterocycles. The second kappa shape index (κ2) is 3.83. The van der Waals surface area contributed by atoms with Gasteiger partial charge in [-0.05, 0) is 55.8 Å². The van der Waals surface area contributed by atoms with Crippen LogP contribution in [0.3, 0.4) is 0 Å². The van der Waals surface area contributed by atoms with Crippen molar-refractivity contribution < 1.29 is 0 Å². The van der Waals surface area contributed by atoms with Gasteiger partial charge in [0.05, 0.1) is 6.54 Å². The summed E-state index contributed by atoms with van der Waals surface area (Å²) in [5.41, 5.74) is 7.22. The minimum atomic E-state index is 0.559. The summed E-state index contributed by atoms with van der Waals surface area (Å²) in [6.07, 6.45) is 9.53. The SMILES string of the molecule is Cn1c(C2C3CC4CC(C3)CC2C4)cnc1CN. The first kappa shape index (κ1) is 11.0. The molecule has 0 aliphatic heterocycles. The third-order valence-corrected chi connectivity index (χ3v) is 5.87. The van der Waals surface area contributed by atoms with Gasteiger partial charge in [-0.15, -0.1) is 0 Å². The van der Waals surface area contributed by atoms with Crippen molar-refractivity contribution in [2.75, 3.05) is 0 Å². The lowest BCUT2D eigenvalue weighted by molar-refractivity contribution is -0.00508. The lowest BCUT2D eigenvalue weighted by Gasteiger charge is -2.54. The van der Waals surface area contributed by atoms with Gasteiger partial charge >= 0.3 is 0 Å². The van der Waals surface area contributed by atoms with E-state index in [0.717, 1.165) is 35.4 Å². The third-order valence-electron chi connectivity index (χ3n) is 5.87. The second-order valence-electron chi connectivity index (χ2n) is 6.82. The zero-order chi connectivity index (χ0) is 12.3. The molecule has 0 radical (unpaired) electrons. The summed E-state index contributed by atoms with van der Waals surface area (Å²) in [5.74, 6) is 5.77. The van der Waals surface area contributed by atoms with Gasteiger partial charge in [-0.1, -0.05) is 0 Å². The maximum Gasteiger partial charge on any atom is 0.122 e. The predicted octanol–water partition coefficient (Wildman–Crippen LogP) is 2.42. The van der Waals surface area contributed by atoms with E-state index in [1.807, 2.05) is 0 Å². The van der Waals surface area contributed by atoms with Gasteiger partial charge in [-0.3, -0.25) is 0 Å². The molecule has 0 saturated heterocycles. The molecule has 0 aromatic carbocycles. The molecular formula is C15H23N3. The molecule has 4 aliphatic rings. The maximum absolute atomic E-state index is 5.76. The Kier molecular flexibility index (Phi) is 2.35. The Balaban J connectivity index is 1.70. The van der Waals surface area contributed by atoms with E-state index in [1.165, 1.54) is 37.8 Å². The van der Waals surface area contributed by atoms with Gasteiger partial charge < -0.3 is 10.3 Å². The standard InChI is InChI=1S/C15H23N3/c1-18-13(8-17-14(18)7-16)15-11-3-9-2-10(5-11)6-12(15)4-9/h8-12,15H,2-7,16H2,1H3. The molecule has 1 heterocycles. The van der Waals surface area contributed by atoms with Gasteiger partial charge in [0.25, 0.3) is 0 Å². The van der Waals surface area contributed by atoms with Gasteiger partial charge in [0, 0.05) is 24.9 Å². The van der Waals surface area contributed by atoms with Crippen molar-refractivity contribution in [3.8, 4) is 0 Å². The summed E-state index contributed by atoms with van der Waals surface area (Å²) in [7, 11) is 2.15. The molecular weight excluding hydrogens is 222 g/mol. The maximum atomic E-state index is 5.76. The average molecular weight is 245 g/mol. The summed E-state index contributed by atoms with van der Waals surface area (Å²) < 4.78 is 2.27. The van der Waals surface area contributed by atoms with Crippen LogP contribution in [0, 0.1) is 23.7 Å². The fraction of sp³-hybridized carbons (Fsp3) is 0.800. The number of hydrogen-bond acceptors (Lipinski definition) is 2. The van der Waals surface area contributed by atoms with E-state index >= 15 is 0 Å². The highest BCUT2D eigenvalue weighted by Crippen LogP contribution is 2.59. The van der Waals surface area contributed by atoms with Crippen molar-refractivity contribution >= 4 is 0 Å². The van der Waals surface area contributed by atoms with Crippen molar-refractivity contribution in [2.45, 2.75) is 44.6 Å². The minimum absolute atomic E-state index is 0.559. The van der Waals surface area contributed by atoms with Crippen LogP contribution in [0.5, 0.6) is 0 Å². The first-order chi connectivity index (χ1) is 8.76. The normalized spacial score (nSPS) is 41.6. The summed E-state index contributed by atoms with van der Waals surface area (Å²) >= 11 is 0. The molecule has 98 valence electrons. The molecule has 3 nitrogen and oxygen atoms in total. The highest BCUT2D eigenvalue weighted by atomic mass is 15.1. The van der Waals surface area contributed by atoms with E-state index < -0.39 is 0 Å². The Morgan fingerprint density at radius 3 is 2.28 bits per heavy atom. The van der Waals surface area contributed by atoms with Gasteiger partial charge in [0.2, 0.25) is 0 Å². The Morgan fingerprint density at radius 1 is 1.17 bits per heavy atom. The molecule has 4 saturated carbocycles. The van der Waals surface area contributed by atoms with Gasteiger partial charge in [-0.2, -0.15) is 0 Å². The molecule has 4 fully saturated rings. The van der Waals surface area contributed by atoms with Crippen LogP contribution in [0.1, 0.15) is 49.5 Å². The van der Waals surface area contributed by atoms with E-state index in [2.05, 4.69) is 22.8 Å². The summed E-state index contributed by atoms with van der Waals surface area (Å²) in [5, 5.41) is 0. The fourth-order valence-corrected chi connectivity index (χ4v) is 5.37. The van der Waals surface area contributed by atoms with Crippen LogP contribution in [-0.2, 0) is 13.6 Å². The number of nitrogens with two attached hydrogens (primary N) is 1. The number of rotatable bonds is 2. The zero-order valence-corrected chi connectivity index (χ0v) is 11.2. The molecule has 0 unspecified atom stereocenters. The summed E-state index contributed by atoms with van der Waals surface area (Å²) in [6.45, 7) is 0.559. The molecule has 4 bridgehead atoms. The van der Waals surface area contributed by atoms with Crippen molar-refractivity contribution in [3.05, 3.63) is 17.7 Å². The monoisotopic (exact) mass is 245 g/mol. The molecule has 0 amide bonds. The van der Waals surface area contributed by atoms with Crippen LogP contribution in [0.15, 0.2) is 6.20 Å². The molecule has 3 heteroatoms. The van der Waals surface area contributed by atoms with Gasteiger partial charge in [-0.25, -0.2) is 4.98 Å². The zero-order valence-electron chi connectivity index (χ0n) is 11.2. The fourth-order valence-electron chi connectivity index (χ4n) is 5.37. The topological polar surface area (TPSA) is 43.8 Å². The lowest BCUT2D eigenvalue weighted by Crippen LogP contribution is -2.44. The molecule has 5 rings (SSSR count). The van der Waals surface area contributed by atoms with E-state index in [-0.39, 0.29) is 0 Å². The average Bonchev–Trinajstić information content (AvgIpc) is 2.70. The Labute approximate surface area is 109 Å². The van der Waals surface area contributed by atoms with Crippen LogP contribution in [-0.4, -0.2) is 9.55 Å². The number of imidazole rings is 1. The molecule has 0 spiro atoms. The highest BCUT2D eigenvalue weighted by molar-refractivity contribution is 5.18. The van der Waals surface area contributed by atoms with Crippen LogP contribution in [0.4, 0.5) is 0 Å². The van der Waals surface area contributed by atoms with Crippen LogP contribution < -0.4 is 5.73 Å². The Morgan fingerprint density at radius 2 is 1.78 bits per heavy atom. The molecule has 1 aromatic rings. The van der Waals surface area contributed by atoms with Crippen molar-refractivity contribution in [1.29, 1.82) is 0 Å². The molecule has 0 atom stereocenters. The summed E-state index contributed by atoms with van der Waals surface area (Å²) in [6, 6.07) is 0. The van der Waals surface area contributed by atoms with Crippen LogP contribution in [0.25, 0.3) is 0 Å². The van der Waals surface area contributed by atoms with E-state index in [0.29, 0.717) is 6.54 Å². The largest absolute Gasteiger partial charge is 0.334 e. The number of hydrogen-bond donors (Lipinski definition) is 1. The quantitative estimate of drug-likeness (QED) is 0.869. The third kappa shape index (κ3) is 1.43. The van der Waals surface area contributed by atoms with E-state index in [1.54, 1.807) is 0 Å². The predicted molar refractivity (Wildman–Crippen MR) is 70.9 cm³/mol. The van der Waals surface area contributed by atoms with Crippen molar-refractivity contribution in [3.63, 3.8) is 0 Å². The Hall–Kier alpha value is -0.830. The second-order valence-corrected chi connectivity index (χ2v) is 6.82. The van der Waals surface area contributed by atoms with Crippen molar-refractivity contribution in [2.24, 2.45) is 36.5 Å².